The molecule has 1 aliphatic heterocycles. The van der Waals surface area contributed by atoms with Crippen LogP contribution in [0.5, 0.6) is 0 Å². The Hall–Kier alpha value is -3.92. The fourth-order valence-corrected chi connectivity index (χ4v) is 5.57. The normalized spacial score (nSPS) is 13.8. The van der Waals surface area contributed by atoms with E-state index in [0.717, 1.165) is 12.3 Å². The number of benzene rings is 2. The van der Waals surface area contributed by atoms with Crippen molar-refractivity contribution in [3.05, 3.63) is 86.6 Å². The van der Waals surface area contributed by atoms with Crippen LogP contribution >= 0.6 is 34.8 Å². The lowest BCUT2D eigenvalue weighted by molar-refractivity contribution is -0.131. The first-order valence-corrected chi connectivity index (χ1v) is 13.2. The number of halogens is 3. The predicted octanol–water partition coefficient (Wildman–Crippen LogP) is 6.54. The van der Waals surface area contributed by atoms with Crippen LogP contribution in [0.3, 0.4) is 0 Å². The Morgan fingerprint density at radius 2 is 1.82 bits per heavy atom. The van der Waals surface area contributed by atoms with Gasteiger partial charge in [0.25, 0.3) is 5.91 Å². The van der Waals surface area contributed by atoms with Gasteiger partial charge in [-0.05, 0) is 48.8 Å². The summed E-state index contributed by atoms with van der Waals surface area (Å²) in [7, 11) is 0. The Bertz CT molecular complexity index is 1520. The molecule has 2 aromatic carbocycles. The lowest BCUT2D eigenvalue weighted by atomic mass is 9.90. The zero-order chi connectivity index (χ0) is 29.0. The molecule has 0 aliphatic carbocycles. The fraction of sp³-hybridized carbons (Fsp3) is 0.179. The van der Waals surface area contributed by atoms with Crippen LogP contribution < -0.4 is 5.32 Å². The van der Waals surface area contributed by atoms with Crippen molar-refractivity contribution >= 4 is 70.6 Å². The third-order valence-corrected chi connectivity index (χ3v) is 7.29. The lowest BCUT2D eigenvalue weighted by Crippen LogP contribution is -2.37. The van der Waals surface area contributed by atoms with Crippen LogP contribution in [0.15, 0.2) is 53.6 Å². The molecule has 4 rings (SSSR count). The Morgan fingerprint density at radius 3 is 2.42 bits per heavy atom. The summed E-state index contributed by atoms with van der Waals surface area (Å²) in [6.07, 6.45) is 5.58. The van der Waals surface area contributed by atoms with E-state index in [1.54, 1.807) is 23.1 Å². The number of carboxylic acid groups (broad SMARTS) is 1. The van der Waals surface area contributed by atoms with E-state index in [-0.39, 0.29) is 44.4 Å². The number of likely N-dealkylation sites (tertiary alicyclic amines) is 1. The second kappa shape index (κ2) is 12.5. The molecule has 0 bridgehead atoms. The van der Waals surface area contributed by atoms with E-state index in [9.17, 15) is 14.4 Å². The summed E-state index contributed by atoms with van der Waals surface area (Å²) in [6.45, 7) is 4.40. The molecule has 1 aliphatic rings. The van der Waals surface area contributed by atoms with Gasteiger partial charge in [-0.3, -0.25) is 9.59 Å². The second-order valence-electron chi connectivity index (χ2n) is 8.90. The minimum absolute atomic E-state index is 0.0991. The maximum absolute atomic E-state index is 13.9. The molecule has 3 aromatic rings. The van der Waals surface area contributed by atoms with Gasteiger partial charge in [0.15, 0.2) is 5.76 Å². The summed E-state index contributed by atoms with van der Waals surface area (Å²) in [5.41, 5.74) is 1.46. The maximum Gasteiger partial charge on any atom is 0.328 e. The van der Waals surface area contributed by atoms with Crippen molar-refractivity contribution in [2.24, 2.45) is 0 Å². The van der Waals surface area contributed by atoms with Gasteiger partial charge >= 0.3 is 5.97 Å². The molecule has 9 nitrogen and oxygen atoms in total. The second-order valence-corrected chi connectivity index (χ2v) is 10.1. The first kappa shape index (κ1) is 29.1. The number of rotatable bonds is 8. The number of carbonyl (C=O) groups excluding carboxylic acids is 2. The predicted molar refractivity (Wildman–Crippen MR) is 155 cm³/mol. The van der Waals surface area contributed by atoms with Crippen molar-refractivity contribution < 1.29 is 24.0 Å². The van der Waals surface area contributed by atoms with Crippen LogP contribution in [0.1, 0.15) is 46.0 Å². The molecule has 1 saturated heterocycles. The van der Waals surface area contributed by atoms with E-state index < -0.39 is 11.9 Å². The molecule has 0 atom stereocenters. The molecule has 0 radical (unpaired) electrons. The van der Waals surface area contributed by atoms with Gasteiger partial charge in [0.05, 0.1) is 15.7 Å². The molecule has 206 valence electrons. The van der Waals surface area contributed by atoms with Crippen molar-refractivity contribution in [3.63, 3.8) is 0 Å². The first-order chi connectivity index (χ1) is 19.1. The highest BCUT2D eigenvalue weighted by molar-refractivity contribution is 6.42. The average molecular weight is 602 g/mol. The topological polar surface area (TPSA) is 137 Å². The van der Waals surface area contributed by atoms with Gasteiger partial charge in [-0.1, -0.05) is 58.7 Å². The van der Waals surface area contributed by atoms with Crippen LogP contribution in [0.4, 0.5) is 5.69 Å². The molecule has 12 heteroatoms. The summed E-state index contributed by atoms with van der Waals surface area (Å²) in [4.78, 5) is 38.6. The van der Waals surface area contributed by atoms with Gasteiger partial charge in [-0.25, -0.2) is 4.79 Å². The van der Waals surface area contributed by atoms with Gasteiger partial charge in [0, 0.05) is 47.4 Å². The zero-order valence-electron chi connectivity index (χ0n) is 20.9. The number of carbonyl (C=O) groups is 3. The molecular formula is C28H23Cl3N4O5. The number of carboxylic acids is 1. The quantitative estimate of drug-likeness (QED) is 0.198. The number of nitrogens with zero attached hydrogens (tertiary/aromatic N) is 2. The Kier molecular flexibility index (Phi) is 9.09. The van der Waals surface area contributed by atoms with Crippen LogP contribution in [0, 0.1) is 5.41 Å². The van der Waals surface area contributed by atoms with Crippen molar-refractivity contribution in [1.29, 1.82) is 5.41 Å². The fourth-order valence-electron chi connectivity index (χ4n) is 4.58. The lowest BCUT2D eigenvalue weighted by Gasteiger charge is -2.30. The van der Waals surface area contributed by atoms with Crippen molar-refractivity contribution in [1.82, 2.24) is 10.1 Å². The number of aromatic nitrogens is 1. The number of amides is 2. The van der Waals surface area contributed by atoms with Crippen molar-refractivity contribution in [3.8, 4) is 11.3 Å². The molecule has 0 spiro atoms. The third kappa shape index (κ3) is 6.12. The summed E-state index contributed by atoms with van der Waals surface area (Å²) in [6, 6.07) is 7.79. The molecule has 0 saturated carbocycles. The van der Waals surface area contributed by atoms with E-state index in [4.69, 9.17) is 49.8 Å². The minimum atomic E-state index is -1.15. The van der Waals surface area contributed by atoms with Gasteiger partial charge in [0.1, 0.15) is 11.3 Å². The van der Waals surface area contributed by atoms with E-state index in [1.165, 1.54) is 24.3 Å². The van der Waals surface area contributed by atoms with E-state index in [1.807, 2.05) is 0 Å². The molecular weight excluding hydrogens is 579 g/mol. The molecule has 3 N–H and O–H groups in total. The smallest absolute Gasteiger partial charge is 0.328 e. The minimum Gasteiger partial charge on any atom is -0.478 e. The van der Waals surface area contributed by atoms with Gasteiger partial charge in [0.2, 0.25) is 5.91 Å². The number of piperidine rings is 1. The van der Waals surface area contributed by atoms with E-state index in [2.05, 4.69) is 17.1 Å². The SMILES string of the molecule is C=CC(=O)N1CCC(c2onc(-c3c(Cl)cc(Cl)cc3Cl)c2C(=O)Nc2cccc(/C=C/C(=O)O)c2C=N)CC1. The Labute approximate surface area is 244 Å². The number of anilines is 1. The van der Waals surface area contributed by atoms with Gasteiger partial charge in [-0.15, -0.1) is 0 Å². The van der Waals surface area contributed by atoms with E-state index >= 15 is 0 Å². The molecule has 2 heterocycles. The highest BCUT2D eigenvalue weighted by Crippen LogP contribution is 2.42. The monoisotopic (exact) mass is 600 g/mol. The summed E-state index contributed by atoms with van der Waals surface area (Å²) >= 11 is 19.1. The highest BCUT2D eigenvalue weighted by atomic mass is 35.5. The van der Waals surface area contributed by atoms with Crippen LogP contribution in [-0.4, -0.2) is 52.3 Å². The molecule has 1 aromatic heterocycles. The molecule has 40 heavy (non-hydrogen) atoms. The van der Waals surface area contributed by atoms with Crippen molar-refractivity contribution in [2.75, 3.05) is 18.4 Å². The molecule has 1 fully saturated rings. The maximum atomic E-state index is 13.9. The van der Waals surface area contributed by atoms with Crippen LogP contribution in [0.2, 0.25) is 15.1 Å². The van der Waals surface area contributed by atoms with Crippen LogP contribution in [0.25, 0.3) is 17.3 Å². The number of hydrogen-bond acceptors (Lipinski definition) is 6. The van der Waals surface area contributed by atoms with Crippen molar-refractivity contribution in [2.45, 2.75) is 18.8 Å². The van der Waals surface area contributed by atoms with Gasteiger partial charge < -0.3 is 25.3 Å². The molecule has 0 unspecified atom stereocenters. The summed E-state index contributed by atoms with van der Waals surface area (Å²) in [5.74, 6) is -1.86. The standard InChI is InChI=1S/C28H23Cl3N4O5/c1-2-22(36)35-10-8-16(9-11-35)27-25(26(34-40-27)24-19(30)12-17(29)13-20(24)31)28(39)33-21-5-3-4-15(18(21)14-32)6-7-23(37)38/h2-7,12-14,16,32H,1,8-11H2,(H,33,39)(H,37,38)/b7-6+,32-14?. The van der Waals surface area contributed by atoms with Crippen LogP contribution in [-0.2, 0) is 9.59 Å². The number of nitrogens with one attached hydrogen (secondary N) is 2. The summed E-state index contributed by atoms with van der Waals surface area (Å²) in [5, 5.41) is 24.5. The first-order valence-electron chi connectivity index (χ1n) is 12.1. The average Bonchev–Trinajstić information content (AvgIpc) is 3.35. The number of hydrogen-bond donors (Lipinski definition) is 3. The van der Waals surface area contributed by atoms with Gasteiger partial charge in [-0.2, -0.15) is 0 Å². The third-order valence-electron chi connectivity index (χ3n) is 6.48. The number of aliphatic carboxylic acids is 1. The Balaban J connectivity index is 1.78. The molecule has 2 amide bonds. The van der Waals surface area contributed by atoms with E-state index in [0.29, 0.717) is 47.8 Å². The largest absolute Gasteiger partial charge is 0.478 e. The Morgan fingerprint density at radius 1 is 1.15 bits per heavy atom. The highest BCUT2D eigenvalue weighted by Gasteiger charge is 2.34. The summed E-state index contributed by atoms with van der Waals surface area (Å²) < 4.78 is 5.75. The zero-order valence-corrected chi connectivity index (χ0v) is 23.2.